The molecule has 3 unspecified atom stereocenters. The van der Waals surface area contributed by atoms with Crippen molar-refractivity contribution in [3.05, 3.63) is 0 Å². The van der Waals surface area contributed by atoms with Crippen LogP contribution in [0.25, 0.3) is 0 Å². The van der Waals surface area contributed by atoms with E-state index in [2.05, 4.69) is 6.92 Å². The lowest BCUT2D eigenvalue weighted by molar-refractivity contribution is -0.136. The Bertz CT molecular complexity index is 205. The van der Waals surface area contributed by atoms with Gasteiger partial charge in [0.2, 0.25) is 5.91 Å². The molecule has 1 aliphatic carbocycles. The highest BCUT2D eigenvalue weighted by atomic mass is 16.2. The smallest absolute Gasteiger partial charge is 0.225 e. The number of amides is 1. The van der Waals surface area contributed by atoms with Gasteiger partial charge in [0, 0.05) is 25.6 Å². The number of nitrogens with zero attached hydrogens (tertiary/aromatic N) is 1. The summed E-state index contributed by atoms with van der Waals surface area (Å²) in [6.45, 7) is 4.96. The number of carbonyl (C=O) groups is 1. The van der Waals surface area contributed by atoms with Crippen LogP contribution in [0.5, 0.6) is 0 Å². The van der Waals surface area contributed by atoms with Crippen LogP contribution in [0, 0.1) is 11.8 Å². The molecule has 1 rings (SSSR count). The fraction of sp³-hybridized carbons (Fsp3) is 0.909. The Balaban J connectivity index is 2.60. The molecule has 14 heavy (non-hydrogen) atoms. The van der Waals surface area contributed by atoms with Crippen LogP contribution in [0.3, 0.4) is 0 Å². The minimum absolute atomic E-state index is 0.156. The molecule has 0 aliphatic heterocycles. The van der Waals surface area contributed by atoms with Gasteiger partial charge in [-0.15, -0.1) is 0 Å². The van der Waals surface area contributed by atoms with Gasteiger partial charge >= 0.3 is 0 Å². The van der Waals surface area contributed by atoms with E-state index in [1.807, 2.05) is 14.0 Å². The van der Waals surface area contributed by atoms with E-state index >= 15 is 0 Å². The van der Waals surface area contributed by atoms with Crippen molar-refractivity contribution in [3.63, 3.8) is 0 Å². The number of rotatable bonds is 2. The summed E-state index contributed by atoms with van der Waals surface area (Å²) in [6.07, 6.45) is 3.03. The maximum Gasteiger partial charge on any atom is 0.225 e. The summed E-state index contributed by atoms with van der Waals surface area (Å²) in [5.74, 6) is 0.926. The molecule has 3 nitrogen and oxygen atoms in total. The third kappa shape index (κ3) is 2.47. The third-order valence-corrected chi connectivity index (χ3v) is 3.40. The summed E-state index contributed by atoms with van der Waals surface area (Å²) in [5, 5.41) is 0. The zero-order valence-electron chi connectivity index (χ0n) is 9.49. The van der Waals surface area contributed by atoms with Crippen molar-refractivity contribution < 1.29 is 4.79 Å². The van der Waals surface area contributed by atoms with Crippen LogP contribution < -0.4 is 5.73 Å². The Kier molecular flexibility index (Phi) is 3.93. The van der Waals surface area contributed by atoms with E-state index in [4.69, 9.17) is 5.73 Å². The monoisotopic (exact) mass is 198 g/mol. The molecular weight excluding hydrogens is 176 g/mol. The first-order valence-corrected chi connectivity index (χ1v) is 5.56. The normalized spacial score (nSPS) is 32.7. The lowest BCUT2D eigenvalue weighted by Gasteiger charge is -2.33. The largest absolute Gasteiger partial charge is 0.346 e. The average Bonchev–Trinajstić information content (AvgIpc) is 2.19. The Morgan fingerprint density at radius 1 is 1.50 bits per heavy atom. The number of nitrogens with two attached hydrogens (primary N) is 1. The second-order valence-electron chi connectivity index (χ2n) is 4.51. The fourth-order valence-electron chi connectivity index (χ4n) is 2.14. The zero-order valence-corrected chi connectivity index (χ0v) is 9.49. The second-order valence-corrected chi connectivity index (χ2v) is 4.51. The van der Waals surface area contributed by atoms with Gasteiger partial charge in [0.05, 0.1) is 0 Å². The topological polar surface area (TPSA) is 46.3 Å². The first kappa shape index (κ1) is 11.5. The van der Waals surface area contributed by atoms with Crippen molar-refractivity contribution in [1.29, 1.82) is 0 Å². The van der Waals surface area contributed by atoms with Crippen LogP contribution in [-0.4, -0.2) is 30.4 Å². The van der Waals surface area contributed by atoms with Gasteiger partial charge in [-0.3, -0.25) is 4.79 Å². The van der Waals surface area contributed by atoms with E-state index in [9.17, 15) is 4.79 Å². The quantitative estimate of drug-likeness (QED) is 0.725. The molecule has 0 aromatic rings. The van der Waals surface area contributed by atoms with E-state index in [-0.39, 0.29) is 17.9 Å². The molecule has 1 aliphatic rings. The number of hydrogen-bond donors (Lipinski definition) is 1. The maximum atomic E-state index is 12.0. The molecule has 2 N–H and O–H groups in total. The highest BCUT2D eigenvalue weighted by Gasteiger charge is 2.32. The molecule has 1 fully saturated rings. The molecule has 1 amide bonds. The summed E-state index contributed by atoms with van der Waals surface area (Å²) < 4.78 is 0. The van der Waals surface area contributed by atoms with Crippen LogP contribution in [0.1, 0.15) is 33.1 Å². The molecule has 0 aromatic heterocycles. The highest BCUT2D eigenvalue weighted by Crippen LogP contribution is 2.30. The lowest BCUT2D eigenvalue weighted by Crippen LogP contribution is -2.42. The molecule has 82 valence electrons. The second kappa shape index (κ2) is 4.78. The number of hydrogen-bond acceptors (Lipinski definition) is 2. The Morgan fingerprint density at radius 3 is 2.71 bits per heavy atom. The minimum Gasteiger partial charge on any atom is -0.346 e. The molecule has 0 spiro atoms. The van der Waals surface area contributed by atoms with E-state index in [1.165, 1.54) is 0 Å². The summed E-state index contributed by atoms with van der Waals surface area (Å²) in [4.78, 5) is 13.8. The molecule has 0 saturated heterocycles. The van der Waals surface area contributed by atoms with Gasteiger partial charge < -0.3 is 10.6 Å². The van der Waals surface area contributed by atoms with Gasteiger partial charge in [-0.1, -0.05) is 6.92 Å². The van der Waals surface area contributed by atoms with Crippen LogP contribution in [0.2, 0.25) is 0 Å². The van der Waals surface area contributed by atoms with Gasteiger partial charge in [0.15, 0.2) is 0 Å². The first-order valence-electron chi connectivity index (χ1n) is 5.56. The summed E-state index contributed by atoms with van der Waals surface area (Å²) in [5.41, 5.74) is 5.90. The van der Waals surface area contributed by atoms with Crippen LogP contribution in [0.15, 0.2) is 0 Å². The van der Waals surface area contributed by atoms with Crippen LogP contribution >= 0.6 is 0 Å². The maximum absolute atomic E-state index is 12.0. The zero-order chi connectivity index (χ0) is 10.7. The summed E-state index contributed by atoms with van der Waals surface area (Å²) >= 11 is 0. The van der Waals surface area contributed by atoms with Gasteiger partial charge in [-0.25, -0.2) is 0 Å². The van der Waals surface area contributed by atoms with Crippen molar-refractivity contribution in [1.82, 2.24) is 4.90 Å². The minimum atomic E-state index is 0.156. The molecule has 3 heteroatoms. The van der Waals surface area contributed by atoms with Gasteiger partial charge in [0.1, 0.15) is 0 Å². The van der Waals surface area contributed by atoms with Crippen molar-refractivity contribution in [2.75, 3.05) is 13.6 Å². The van der Waals surface area contributed by atoms with Crippen molar-refractivity contribution in [2.45, 2.75) is 39.2 Å². The molecule has 0 heterocycles. The van der Waals surface area contributed by atoms with Gasteiger partial charge in [0.25, 0.3) is 0 Å². The van der Waals surface area contributed by atoms with Crippen LogP contribution in [0.4, 0.5) is 0 Å². The Morgan fingerprint density at radius 2 is 2.14 bits per heavy atom. The summed E-state index contributed by atoms with van der Waals surface area (Å²) in [6, 6.07) is 0.227. The van der Waals surface area contributed by atoms with E-state index in [1.54, 1.807) is 4.90 Å². The van der Waals surface area contributed by atoms with Crippen molar-refractivity contribution in [3.8, 4) is 0 Å². The molecular formula is C11H22N2O. The molecule has 0 bridgehead atoms. The van der Waals surface area contributed by atoms with Crippen molar-refractivity contribution >= 4 is 5.91 Å². The van der Waals surface area contributed by atoms with Crippen molar-refractivity contribution in [2.24, 2.45) is 17.6 Å². The predicted octanol–water partition coefficient (Wildman–Crippen LogP) is 1.23. The van der Waals surface area contributed by atoms with Crippen LogP contribution in [-0.2, 0) is 4.79 Å². The Labute approximate surface area is 86.6 Å². The van der Waals surface area contributed by atoms with Gasteiger partial charge in [-0.2, -0.15) is 0 Å². The molecule has 0 radical (unpaired) electrons. The third-order valence-electron chi connectivity index (χ3n) is 3.40. The standard InChI is InChI=1S/C11H22N2O/c1-4-13(3)11(14)10-7-9(12)6-5-8(10)2/h8-10H,4-7,12H2,1-3H3. The van der Waals surface area contributed by atoms with Gasteiger partial charge in [-0.05, 0) is 32.1 Å². The first-order chi connectivity index (χ1) is 6.56. The van der Waals surface area contributed by atoms with E-state index in [0.29, 0.717) is 5.92 Å². The molecule has 0 aromatic carbocycles. The predicted molar refractivity (Wildman–Crippen MR) is 57.8 cm³/mol. The SMILES string of the molecule is CCN(C)C(=O)C1CC(N)CCC1C. The number of carbonyl (C=O) groups excluding carboxylic acids is 1. The van der Waals surface area contributed by atoms with E-state index in [0.717, 1.165) is 25.8 Å². The molecule has 1 saturated carbocycles. The average molecular weight is 198 g/mol. The fourth-order valence-corrected chi connectivity index (χ4v) is 2.14. The Hall–Kier alpha value is -0.570. The lowest BCUT2D eigenvalue weighted by atomic mass is 9.77. The molecule has 3 atom stereocenters. The van der Waals surface area contributed by atoms with E-state index < -0.39 is 0 Å². The highest BCUT2D eigenvalue weighted by molar-refractivity contribution is 5.79. The summed E-state index contributed by atoms with van der Waals surface area (Å²) in [7, 11) is 1.87.